The fraction of sp³-hybridized carbons (Fsp3) is 0.261. The second-order valence-corrected chi connectivity index (χ2v) is 7.93. The van der Waals surface area contributed by atoms with Crippen molar-refractivity contribution in [1.82, 2.24) is 9.97 Å². The molecule has 1 amide bonds. The van der Waals surface area contributed by atoms with E-state index in [0.29, 0.717) is 5.69 Å². The fourth-order valence-corrected chi connectivity index (χ4v) is 3.76. The normalized spacial score (nSPS) is 13.7. The van der Waals surface area contributed by atoms with Crippen LogP contribution in [0.2, 0.25) is 5.02 Å². The smallest absolute Gasteiger partial charge is 0.257 e. The Morgan fingerprint density at radius 3 is 2.42 bits per heavy atom. The molecule has 8 heteroatoms. The average molecular weight is 440 g/mol. The van der Waals surface area contributed by atoms with Crippen LogP contribution in [0.4, 0.5) is 27.5 Å². The molecule has 1 aromatic heterocycles. The van der Waals surface area contributed by atoms with E-state index >= 15 is 0 Å². The van der Waals surface area contributed by atoms with Gasteiger partial charge in [-0.3, -0.25) is 4.79 Å². The number of aromatic nitrogens is 2. The molecule has 6 nitrogen and oxygen atoms in total. The van der Waals surface area contributed by atoms with Crippen LogP contribution < -0.4 is 15.5 Å². The number of nitrogens with zero attached hydrogens (tertiary/aromatic N) is 3. The van der Waals surface area contributed by atoms with Crippen molar-refractivity contribution >= 4 is 40.6 Å². The van der Waals surface area contributed by atoms with Gasteiger partial charge in [-0.2, -0.15) is 4.98 Å². The van der Waals surface area contributed by atoms with Crippen LogP contribution in [0.1, 0.15) is 35.3 Å². The van der Waals surface area contributed by atoms with E-state index in [1.165, 1.54) is 18.6 Å². The van der Waals surface area contributed by atoms with E-state index < -0.39 is 11.7 Å². The average Bonchev–Trinajstić information content (AvgIpc) is 2.75. The summed E-state index contributed by atoms with van der Waals surface area (Å²) in [5, 5.41) is 6.13. The Morgan fingerprint density at radius 1 is 1.00 bits per heavy atom. The van der Waals surface area contributed by atoms with Gasteiger partial charge in [0.05, 0.1) is 10.6 Å². The van der Waals surface area contributed by atoms with Crippen molar-refractivity contribution in [3.63, 3.8) is 0 Å². The summed E-state index contributed by atoms with van der Waals surface area (Å²) in [7, 11) is 0. The molecule has 0 unspecified atom stereocenters. The monoisotopic (exact) mass is 439 g/mol. The molecule has 2 heterocycles. The summed E-state index contributed by atoms with van der Waals surface area (Å²) >= 11 is 5.96. The van der Waals surface area contributed by atoms with Gasteiger partial charge < -0.3 is 15.5 Å². The molecule has 160 valence electrons. The summed E-state index contributed by atoms with van der Waals surface area (Å²) in [6, 6.07) is 12.8. The number of hydrogen-bond acceptors (Lipinski definition) is 5. The number of benzene rings is 2. The molecule has 0 radical (unpaired) electrons. The fourth-order valence-electron chi connectivity index (χ4n) is 3.51. The van der Waals surface area contributed by atoms with Crippen LogP contribution >= 0.6 is 11.6 Å². The van der Waals surface area contributed by atoms with E-state index in [1.54, 1.807) is 12.1 Å². The maximum Gasteiger partial charge on any atom is 0.257 e. The summed E-state index contributed by atoms with van der Waals surface area (Å²) in [6.45, 7) is 3.92. The SMILES string of the molecule is Cc1cc(Nc2ccc(NC(=O)c3ccc(F)cc3Cl)cc2)nc(N2CCCCC2)n1. The van der Waals surface area contributed by atoms with Crippen molar-refractivity contribution in [1.29, 1.82) is 0 Å². The molecule has 1 fully saturated rings. The number of aryl methyl sites for hydroxylation is 1. The summed E-state index contributed by atoms with van der Waals surface area (Å²) in [5.41, 5.74) is 2.55. The molecule has 0 spiro atoms. The maximum absolute atomic E-state index is 13.2. The van der Waals surface area contributed by atoms with Crippen molar-refractivity contribution in [2.75, 3.05) is 28.6 Å². The molecule has 1 aliphatic heterocycles. The molecule has 31 heavy (non-hydrogen) atoms. The predicted molar refractivity (Wildman–Crippen MR) is 122 cm³/mol. The molecular formula is C23H23ClFN5O. The summed E-state index contributed by atoms with van der Waals surface area (Å²) in [6.07, 6.45) is 3.58. The highest BCUT2D eigenvalue weighted by atomic mass is 35.5. The number of piperidine rings is 1. The number of carbonyl (C=O) groups is 1. The van der Waals surface area contributed by atoms with Crippen molar-refractivity contribution in [3.8, 4) is 0 Å². The van der Waals surface area contributed by atoms with Gasteiger partial charge in [-0.05, 0) is 68.7 Å². The van der Waals surface area contributed by atoms with E-state index in [1.807, 2.05) is 25.1 Å². The van der Waals surface area contributed by atoms with E-state index in [2.05, 4.69) is 25.5 Å². The van der Waals surface area contributed by atoms with Gasteiger partial charge in [-0.15, -0.1) is 0 Å². The molecule has 0 saturated carbocycles. The lowest BCUT2D eigenvalue weighted by molar-refractivity contribution is 0.102. The number of anilines is 4. The lowest BCUT2D eigenvalue weighted by Crippen LogP contribution is -2.31. The highest BCUT2D eigenvalue weighted by Gasteiger charge is 2.15. The first-order chi connectivity index (χ1) is 15.0. The minimum atomic E-state index is -0.486. The molecule has 1 aliphatic rings. The lowest BCUT2D eigenvalue weighted by Gasteiger charge is -2.27. The molecular weight excluding hydrogens is 417 g/mol. The summed E-state index contributed by atoms with van der Waals surface area (Å²) in [4.78, 5) is 23.9. The van der Waals surface area contributed by atoms with Crippen molar-refractivity contribution in [3.05, 3.63) is 70.6 Å². The highest BCUT2D eigenvalue weighted by molar-refractivity contribution is 6.34. The first-order valence-corrected chi connectivity index (χ1v) is 10.6. The maximum atomic E-state index is 13.2. The molecule has 0 atom stereocenters. The number of hydrogen-bond donors (Lipinski definition) is 2. The third-order valence-corrected chi connectivity index (χ3v) is 5.38. The summed E-state index contributed by atoms with van der Waals surface area (Å²) in [5.74, 6) is 0.592. The largest absolute Gasteiger partial charge is 0.341 e. The summed E-state index contributed by atoms with van der Waals surface area (Å²) < 4.78 is 13.2. The molecule has 4 rings (SSSR count). The van der Waals surface area contributed by atoms with E-state index in [0.717, 1.165) is 55.1 Å². The Labute approximate surface area is 185 Å². The number of nitrogens with one attached hydrogen (secondary N) is 2. The molecule has 2 aromatic carbocycles. The van der Waals surface area contributed by atoms with Gasteiger partial charge in [0, 0.05) is 36.2 Å². The van der Waals surface area contributed by atoms with Gasteiger partial charge in [0.2, 0.25) is 5.95 Å². The quantitative estimate of drug-likeness (QED) is 0.544. The van der Waals surface area contributed by atoms with Crippen LogP contribution in [0.3, 0.4) is 0 Å². The van der Waals surface area contributed by atoms with Crippen LogP contribution in [0.5, 0.6) is 0 Å². The van der Waals surface area contributed by atoms with Crippen LogP contribution in [0, 0.1) is 12.7 Å². The standard InChI is InChI=1S/C23H23ClFN5O/c1-15-13-21(29-23(26-15)30-11-3-2-4-12-30)27-17-6-8-18(9-7-17)28-22(31)19-10-5-16(25)14-20(19)24/h5-10,13-14H,2-4,11-12H2,1H3,(H,28,31)(H,26,27,29). The minimum absolute atomic E-state index is 0.0689. The Bertz CT molecular complexity index is 1080. The van der Waals surface area contributed by atoms with Crippen molar-refractivity contribution in [2.45, 2.75) is 26.2 Å². The van der Waals surface area contributed by atoms with E-state index in [4.69, 9.17) is 11.6 Å². The molecule has 0 bridgehead atoms. The first-order valence-electron chi connectivity index (χ1n) is 10.2. The number of rotatable bonds is 5. The van der Waals surface area contributed by atoms with Gasteiger partial charge >= 0.3 is 0 Å². The van der Waals surface area contributed by atoms with Crippen molar-refractivity contribution in [2.24, 2.45) is 0 Å². The zero-order valence-corrected chi connectivity index (χ0v) is 17.9. The van der Waals surface area contributed by atoms with Gasteiger partial charge in [-0.1, -0.05) is 11.6 Å². The number of halogens is 2. The van der Waals surface area contributed by atoms with Crippen LogP contribution in [0.25, 0.3) is 0 Å². The predicted octanol–water partition coefficient (Wildman–Crippen LogP) is 5.56. The Kier molecular flexibility index (Phi) is 6.32. The first kappa shape index (κ1) is 21.1. The van der Waals surface area contributed by atoms with E-state index in [-0.39, 0.29) is 10.6 Å². The number of carbonyl (C=O) groups excluding carboxylic acids is 1. The Balaban J connectivity index is 1.44. The minimum Gasteiger partial charge on any atom is -0.341 e. The molecule has 0 aliphatic carbocycles. The highest BCUT2D eigenvalue weighted by Crippen LogP contribution is 2.23. The second kappa shape index (κ2) is 9.31. The van der Waals surface area contributed by atoms with Crippen LogP contribution in [0.15, 0.2) is 48.5 Å². The van der Waals surface area contributed by atoms with E-state index in [9.17, 15) is 9.18 Å². The molecule has 1 saturated heterocycles. The van der Waals surface area contributed by atoms with Gasteiger partial charge in [0.25, 0.3) is 5.91 Å². The second-order valence-electron chi connectivity index (χ2n) is 7.52. The zero-order valence-electron chi connectivity index (χ0n) is 17.2. The van der Waals surface area contributed by atoms with Crippen LogP contribution in [-0.2, 0) is 0 Å². The van der Waals surface area contributed by atoms with Gasteiger partial charge in [0.1, 0.15) is 11.6 Å². The lowest BCUT2D eigenvalue weighted by atomic mass is 10.1. The number of amides is 1. The Hall–Kier alpha value is -3.19. The van der Waals surface area contributed by atoms with Crippen molar-refractivity contribution < 1.29 is 9.18 Å². The molecule has 2 N–H and O–H groups in total. The Morgan fingerprint density at radius 2 is 1.71 bits per heavy atom. The molecule has 3 aromatic rings. The van der Waals surface area contributed by atoms with Gasteiger partial charge in [0.15, 0.2) is 0 Å². The van der Waals surface area contributed by atoms with Gasteiger partial charge in [-0.25, -0.2) is 9.37 Å². The topological polar surface area (TPSA) is 70.2 Å². The zero-order chi connectivity index (χ0) is 21.8. The third kappa shape index (κ3) is 5.30. The third-order valence-electron chi connectivity index (χ3n) is 5.07. The van der Waals surface area contributed by atoms with Crippen LogP contribution in [-0.4, -0.2) is 29.0 Å².